The second-order valence-corrected chi connectivity index (χ2v) is 19.5. The fraction of sp³-hybridized carbons (Fsp3) is 0.765. The van der Waals surface area contributed by atoms with Crippen LogP contribution in [0.25, 0.3) is 0 Å². The van der Waals surface area contributed by atoms with Crippen molar-refractivity contribution in [3.05, 3.63) is 54.1 Å². The maximum atomic E-state index is 14.6. The first-order valence-corrected chi connectivity index (χ1v) is 24.0. The first kappa shape index (κ1) is 47.2. The van der Waals surface area contributed by atoms with E-state index >= 15 is 0 Å². The first-order valence-electron chi connectivity index (χ1n) is 24.0. The van der Waals surface area contributed by atoms with Gasteiger partial charge in [0.25, 0.3) is 0 Å². The van der Waals surface area contributed by atoms with Crippen LogP contribution in [0.3, 0.4) is 0 Å². The van der Waals surface area contributed by atoms with Crippen molar-refractivity contribution < 1.29 is 47.9 Å². The lowest BCUT2D eigenvalue weighted by atomic mass is 9.43. The number of esters is 2. The summed E-state index contributed by atoms with van der Waals surface area (Å²) in [5.74, 6) is -1.25. The summed E-state index contributed by atoms with van der Waals surface area (Å²) in [6.45, 7) is 6.63. The zero-order valence-corrected chi connectivity index (χ0v) is 38.8. The molecule has 7 bridgehead atoms. The highest BCUT2D eigenvalue weighted by Crippen LogP contribution is 2.80. The second kappa shape index (κ2) is 20.2. The van der Waals surface area contributed by atoms with Crippen LogP contribution in [0.2, 0.25) is 0 Å². The molecule has 0 amide bonds. The maximum absolute atomic E-state index is 14.6. The van der Waals surface area contributed by atoms with Crippen molar-refractivity contribution >= 4 is 11.9 Å². The normalized spacial score (nSPS) is 37.9. The molecule has 62 heavy (non-hydrogen) atoms. The number of allylic oxidation sites excluding steroid dienone is 4. The van der Waals surface area contributed by atoms with Gasteiger partial charge in [-0.05, 0) is 94.5 Å². The van der Waals surface area contributed by atoms with Crippen molar-refractivity contribution in [2.75, 3.05) is 55.2 Å². The predicted octanol–water partition coefficient (Wildman–Crippen LogP) is 8.51. The molecular weight excluding hydrogens is 787 g/mol. The number of piperidine rings is 1. The van der Waals surface area contributed by atoms with Gasteiger partial charge in [-0.2, -0.15) is 0 Å². The number of benzene rings is 1. The van der Waals surface area contributed by atoms with Crippen molar-refractivity contribution in [3.63, 3.8) is 0 Å². The number of aliphatic hydroxyl groups is 1. The van der Waals surface area contributed by atoms with E-state index in [9.17, 15) is 14.7 Å². The number of carbonyl (C=O) groups is 2. The number of hydrogen-bond donors (Lipinski definition) is 1. The lowest BCUT2D eigenvalue weighted by molar-refractivity contribution is -0.287. The van der Waals surface area contributed by atoms with Gasteiger partial charge in [0, 0.05) is 82.5 Å². The largest absolute Gasteiger partial charge is 0.497 e. The first-order chi connectivity index (χ1) is 30.1. The van der Waals surface area contributed by atoms with Gasteiger partial charge >= 0.3 is 11.9 Å². The SMILES string of the molecule is CCCCC/C=C\C/C=C\CCCCCCCC(=O)O[C@]12C[C@H](OC)[C@@]3(O)CC(C1[C@H]3OC(=O)c1ccc(OC)cc1)[C@@]13C4[C@@H]2[C@H](OC)C1[C@@](COC)(CC[C@@H]3OC)CN4CC. The lowest BCUT2D eigenvalue weighted by Gasteiger charge is -2.69. The third-order valence-corrected chi connectivity index (χ3v) is 16.6. The Morgan fingerprint density at radius 3 is 2.16 bits per heavy atom. The average molecular weight is 864 g/mol. The molecule has 5 saturated carbocycles. The predicted molar refractivity (Wildman–Crippen MR) is 238 cm³/mol. The van der Waals surface area contributed by atoms with Gasteiger partial charge in [0.1, 0.15) is 23.1 Å². The van der Waals surface area contributed by atoms with Crippen molar-refractivity contribution in [1.82, 2.24) is 4.90 Å². The van der Waals surface area contributed by atoms with E-state index in [0.29, 0.717) is 24.3 Å². The molecule has 5 aliphatic carbocycles. The van der Waals surface area contributed by atoms with E-state index in [4.69, 9.17) is 33.2 Å². The highest BCUT2D eigenvalue weighted by atomic mass is 16.6. The van der Waals surface area contributed by atoms with Crippen LogP contribution in [0.4, 0.5) is 0 Å². The van der Waals surface area contributed by atoms with E-state index in [2.05, 4.69) is 43.1 Å². The Kier molecular flexibility index (Phi) is 15.3. The fourth-order valence-corrected chi connectivity index (χ4v) is 14.5. The minimum Gasteiger partial charge on any atom is -0.497 e. The van der Waals surface area contributed by atoms with Gasteiger partial charge in [0.2, 0.25) is 0 Å². The number of nitrogens with zero attached hydrogens (tertiary/aromatic N) is 1. The molecule has 1 heterocycles. The van der Waals surface area contributed by atoms with Gasteiger partial charge in [0.05, 0.1) is 37.6 Å². The third-order valence-electron chi connectivity index (χ3n) is 16.6. The molecule has 346 valence electrons. The molecule has 13 atom stereocenters. The number of carbonyl (C=O) groups excluding carboxylic acids is 2. The quantitative estimate of drug-likeness (QED) is 0.0612. The van der Waals surface area contributed by atoms with E-state index in [1.54, 1.807) is 52.7 Å². The molecule has 1 aromatic rings. The van der Waals surface area contributed by atoms with Crippen LogP contribution in [-0.4, -0.2) is 119 Å². The molecule has 1 aliphatic heterocycles. The topological polar surface area (TPSA) is 122 Å². The van der Waals surface area contributed by atoms with Crippen LogP contribution in [0.15, 0.2) is 48.6 Å². The van der Waals surface area contributed by atoms with Crippen LogP contribution in [-0.2, 0) is 33.2 Å². The molecular formula is C51H77NO10. The van der Waals surface area contributed by atoms with E-state index < -0.39 is 40.7 Å². The van der Waals surface area contributed by atoms with Gasteiger partial charge in [0.15, 0.2) is 0 Å². The van der Waals surface area contributed by atoms with Crippen LogP contribution < -0.4 is 4.74 Å². The molecule has 1 N–H and O–H groups in total. The summed E-state index contributed by atoms with van der Waals surface area (Å²) in [4.78, 5) is 31.4. The van der Waals surface area contributed by atoms with Gasteiger partial charge in [-0.15, -0.1) is 0 Å². The monoisotopic (exact) mass is 864 g/mol. The van der Waals surface area contributed by atoms with E-state index in [1.165, 1.54) is 25.7 Å². The molecule has 6 aliphatic rings. The molecule has 7 rings (SSSR count). The molecule has 0 aromatic heterocycles. The highest BCUT2D eigenvalue weighted by Gasteiger charge is 2.90. The maximum Gasteiger partial charge on any atom is 0.338 e. The van der Waals surface area contributed by atoms with Crippen LogP contribution in [0.1, 0.15) is 127 Å². The summed E-state index contributed by atoms with van der Waals surface area (Å²) in [6, 6.07) is 6.75. The summed E-state index contributed by atoms with van der Waals surface area (Å²) >= 11 is 0. The van der Waals surface area contributed by atoms with Gasteiger partial charge < -0.3 is 38.3 Å². The summed E-state index contributed by atoms with van der Waals surface area (Å²) in [5, 5.41) is 13.1. The number of likely N-dealkylation sites (tertiary alicyclic amines) is 1. The smallest absolute Gasteiger partial charge is 0.338 e. The number of unbranched alkanes of at least 4 members (excludes halogenated alkanes) is 8. The molecule has 1 saturated heterocycles. The Bertz CT molecular complexity index is 1720. The number of methoxy groups -OCH3 is 5. The molecule has 0 radical (unpaired) electrons. The van der Waals surface area contributed by atoms with Gasteiger partial charge in [-0.1, -0.05) is 70.3 Å². The van der Waals surface area contributed by atoms with Crippen molar-refractivity contribution in [1.29, 1.82) is 0 Å². The number of fused-ring (bicyclic) bond motifs is 2. The average Bonchev–Trinajstić information content (AvgIpc) is 3.66. The lowest BCUT2D eigenvalue weighted by Crippen LogP contribution is -2.77. The van der Waals surface area contributed by atoms with Gasteiger partial charge in [-0.3, -0.25) is 9.69 Å². The minimum absolute atomic E-state index is 0.00855. The molecule has 4 unspecified atom stereocenters. The molecule has 1 spiro atoms. The molecule has 6 fully saturated rings. The van der Waals surface area contributed by atoms with E-state index in [0.717, 1.165) is 70.9 Å². The minimum atomic E-state index is -1.53. The summed E-state index contributed by atoms with van der Waals surface area (Å²) in [6.07, 6.45) is 21.6. The second-order valence-electron chi connectivity index (χ2n) is 19.5. The Balaban J connectivity index is 1.17. The number of rotatable bonds is 24. The number of ether oxygens (including phenoxy) is 7. The Hall–Kier alpha value is -2.80. The molecule has 1 aromatic carbocycles. The third kappa shape index (κ3) is 8.01. The summed E-state index contributed by atoms with van der Waals surface area (Å²) < 4.78 is 44.9. The summed E-state index contributed by atoms with van der Waals surface area (Å²) in [7, 11) is 8.58. The van der Waals surface area contributed by atoms with E-state index in [1.807, 2.05) is 7.11 Å². The Morgan fingerprint density at radius 2 is 1.52 bits per heavy atom. The summed E-state index contributed by atoms with van der Waals surface area (Å²) in [5.41, 5.74) is -3.11. The van der Waals surface area contributed by atoms with Crippen molar-refractivity contribution in [3.8, 4) is 5.75 Å². The van der Waals surface area contributed by atoms with Crippen molar-refractivity contribution in [2.45, 2.75) is 158 Å². The van der Waals surface area contributed by atoms with Gasteiger partial charge in [-0.25, -0.2) is 4.79 Å². The van der Waals surface area contributed by atoms with Crippen LogP contribution in [0, 0.1) is 34.5 Å². The Morgan fingerprint density at radius 1 is 0.823 bits per heavy atom. The van der Waals surface area contributed by atoms with Crippen LogP contribution in [0.5, 0.6) is 5.75 Å². The molecule has 11 nitrogen and oxygen atoms in total. The van der Waals surface area contributed by atoms with Crippen molar-refractivity contribution in [2.24, 2.45) is 34.5 Å². The highest BCUT2D eigenvalue weighted by molar-refractivity contribution is 5.89. The zero-order chi connectivity index (χ0) is 44.1. The Labute approximate surface area is 371 Å². The molecule has 11 heteroatoms. The van der Waals surface area contributed by atoms with E-state index in [-0.39, 0.29) is 60.2 Å². The fourth-order valence-electron chi connectivity index (χ4n) is 14.5. The number of hydrogen-bond acceptors (Lipinski definition) is 11. The standard InChI is InChI=1S/C51H77NO10/c1-8-10-11-12-13-14-15-16-17-18-19-20-21-22-23-24-40(53)62-50-32-39(59-6)49(55)31-37(41(50)46(49)61-47(54)35-25-27-36(57-4)28-26-35)51-38(58-5)29-30-48(34-56-3)33-52(9-2)45(51)42(50)43(60-7)44(48)51/h13-14,16-17,25-28,37-39,41-46,55H,8-12,15,18-24,29-34H2,1-7H3/b14-13-,17-16-/t37?,38-,39-,41?,42-,43-,44?,45?,46+,48-,49-,50+,51-/m0/s1. The van der Waals surface area contributed by atoms with Crippen LogP contribution >= 0.6 is 0 Å². The zero-order valence-electron chi connectivity index (χ0n) is 38.8.